The quantitative estimate of drug-likeness (QED) is 0.787. The van der Waals surface area contributed by atoms with Gasteiger partial charge in [-0.1, -0.05) is 6.92 Å². The first-order valence-corrected chi connectivity index (χ1v) is 7.05. The Balaban J connectivity index is 2.67. The van der Waals surface area contributed by atoms with Gasteiger partial charge in [-0.2, -0.15) is 0 Å². The number of nitrogens with zero attached hydrogens (tertiary/aromatic N) is 1. The van der Waals surface area contributed by atoms with E-state index in [9.17, 15) is 18.0 Å². The van der Waals surface area contributed by atoms with Crippen LogP contribution < -0.4 is 5.73 Å². The highest BCUT2D eigenvalue weighted by Crippen LogP contribution is 2.16. The monoisotopic (exact) mass is 302 g/mol. The summed E-state index contributed by atoms with van der Waals surface area (Å²) in [5.41, 5.74) is 5.80. The Morgan fingerprint density at radius 3 is 2.38 bits per heavy atom. The SMILES string of the molecule is CCCN(CC)C(=O)C[C@H](N)Cc1cc(F)c(F)cc1F. The minimum Gasteiger partial charge on any atom is -0.343 e. The van der Waals surface area contributed by atoms with Crippen molar-refractivity contribution in [2.24, 2.45) is 5.73 Å². The molecule has 1 aromatic carbocycles. The Bertz CT molecular complexity index is 494. The third-order valence-corrected chi connectivity index (χ3v) is 3.24. The summed E-state index contributed by atoms with van der Waals surface area (Å²) in [5, 5.41) is 0. The van der Waals surface area contributed by atoms with Crippen molar-refractivity contribution in [1.29, 1.82) is 0 Å². The molecule has 0 bridgehead atoms. The Kier molecular flexibility index (Phi) is 6.68. The summed E-state index contributed by atoms with van der Waals surface area (Å²) in [6.45, 7) is 5.06. The fraction of sp³-hybridized carbons (Fsp3) is 0.533. The standard InChI is InChI=1S/C15H21F3N2O/c1-3-5-20(4-2)15(21)8-11(19)6-10-7-13(17)14(18)9-12(10)16/h7,9,11H,3-6,8,19H2,1-2H3/t11-/m1/s1. The van der Waals surface area contributed by atoms with Crippen LogP contribution in [0.2, 0.25) is 0 Å². The number of amides is 1. The highest BCUT2D eigenvalue weighted by Gasteiger charge is 2.18. The van der Waals surface area contributed by atoms with E-state index in [0.717, 1.165) is 12.5 Å². The van der Waals surface area contributed by atoms with Crippen LogP contribution in [0.5, 0.6) is 0 Å². The number of carbonyl (C=O) groups excluding carboxylic acids is 1. The normalized spacial score (nSPS) is 12.3. The van der Waals surface area contributed by atoms with Crippen LogP contribution >= 0.6 is 0 Å². The van der Waals surface area contributed by atoms with Gasteiger partial charge in [0.15, 0.2) is 11.6 Å². The number of nitrogens with two attached hydrogens (primary N) is 1. The van der Waals surface area contributed by atoms with Gasteiger partial charge in [0.25, 0.3) is 0 Å². The van der Waals surface area contributed by atoms with E-state index in [1.165, 1.54) is 0 Å². The molecule has 1 atom stereocenters. The first kappa shape index (κ1) is 17.5. The molecule has 21 heavy (non-hydrogen) atoms. The van der Waals surface area contributed by atoms with Crippen molar-refractivity contribution < 1.29 is 18.0 Å². The molecule has 2 N–H and O–H groups in total. The Labute approximate surface area is 122 Å². The van der Waals surface area contributed by atoms with Crippen molar-refractivity contribution >= 4 is 5.91 Å². The molecule has 0 spiro atoms. The summed E-state index contributed by atoms with van der Waals surface area (Å²) in [6, 6.07) is 0.649. The highest BCUT2D eigenvalue weighted by atomic mass is 19.2. The van der Waals surface area contributed by atoms with Crippen LogP contribution in [0, 0.1) is 17.5 Å². The molecular weight excluding hydrogens is 281 g/mol. The lowest BCUT2D eigenvalue weighted by molar-refractivity contribution is -0.131. The molecule has 0 aromatic heterocycles. The largest absolute Gasteiger partial charge is 0.343 e. The van der Waals surface area contributed by atoms with Crippen LogP contribution in [0.3, 0.4) is 0 Å². The van der Waals surface area contributed by atoms with Gasteiger partial charge < -0.3 is 10.6 Å². The molecule has 0 saturated carbocycles. The third kappa shape index (κ3) is 5.04. The third-order valence-electron chi connectivity index (χ3n) is 3.24. The first-order chi connectivity index (χ1) is 9.88. The van der Waals surface area contributed by atoms with E-state index < -0.39 is 23.5 Å². The minimum absolute atomic E-state index is 0.0154. The van der Waals surface area contributed by atoms with Crippen LogP contribution in [-0.4, -0.2) is 29.9 Å². The van der Waals surface area contributed by atoms with Crippen molar-refractivity contribution in [2.45, 2.75) is 39.2 Å². The van der Waals surface area contributed by atoms with Crippen LogP contribution in [-0.2, 0) is 11.2 Å². The van der Waals surface area contributed by atoms with Crippen molar-refractivity contribution in [2.75, 3.05) is 13.1 Å². The number of halogens is 3. The molecule has 6 heteroatoms. The lowest BCUT2D eigenvalue weighted by atomic mass is 10.0. The molecule has 0 saturated heterocycles. The van der Waals surface area contributed by atoms with Crippen molar-refractivity contribution in [3.8, 4) is 0 Å². The lowest BCUT2D eigenvalue weighted by Crippen LogP contribution is -2.37. The average molecular weight is 302 g/mol. The summed E-state index contributed by atoms with van der Waals surface area (Å²) in [7, 11) is 0. The van der Waals surface area contributed by atoms with Gasteiger partial charge in [0.2, 0.25) is 5.91 Å². The average Bonchev–Trinajstić information content (AvgIpc) is 2.41. The molecule has 0 aliphatic heterocycles. The van der Waals surface area contributed by atoms with Crippen molar-refractivity contribution in [1.82, 2.24) is 4.90 Å². The van der Waals surface area contributed by atoms with Crippen LogP contribution in [0.4, 0.5) is 13.2 Å². The molecule has 1 rings (SSSR count). The van der Waals surface area contributed by atoms with Gasteiger partial charge in [-0.3, -0.25) is 4.79 Å². The van der Waals surface area contributed by atoms with Crippen molar-refractivity contribution in [3.05, 3.63) is 35.1 Å². The second-order valence-corrected chi connectivity index (χ2v) is 5.00. The van der Waals surface area contributed by atoms with Gasteiger partial charge in [-0.15, -0.1) is 0 Å². The van der Waals surface area contributed by atoms with E-state index >= 15 is 0 Å². The van der Waals surface area contributed by atoms with E-state index in [1.54, 1.807) is 4.90 Å². The second kappa shape index (κ2) is 8.02. The number of benzene rings is 1. The summed E-state index contributed by atoms with van der Waals surface area (Å²) in [5.74, 6) is -3.32. The van der Waals surface area contributed by atoms with Gasteiger partial charge >= 0.3 is 0 Å². The van der Waals surface area contributed by atoms with Crippen LogP contribution in [0.25, 0.3) is 0 Å². The Morgan fingerprint density at radius 1 is 1.19 bits per heavy atom. The summed E-state index contributed by atoms with van der Waals surface area (Å²) < 4.78 is 39.5. The molecule has 1 amide bonds. The zero-order chi connectivity index (χ0) is 16.0. The van der Waals surface area contributed by atoms with E-state index in [1.807, 2.05) is 13.8 Å². The topological polar surface area (TPSA) is 46.3 Å². The molecule has 0 heterocycles. The van der Waals surface area contributed by atoms with Gasteiger partial charge in [0, 0.05) is 31.6 Å². The van der Waals surface area contributed by atoms with Gasteiger partial charge in [-0.05, 0) is 31.4 Å². The summed E-state index contributed by atoms with van der Waals surface area (Å²) >= 11 is 0. The fourth-order valence-electron chi connectivity index (χ4n) is 2.16. The van der Waals surface area contributed by atoms with E-state index in [0.29, 0.717) is 19.2 Å². The highest BCUT2D eigenvalue weighted by molar-refractivity contribution is 5.76. The zero-order valence-electron chi connectivity index (χ0n) is 12.3. The van der Waals surface area contributed by atoms with Gasteiger partial charge in [-0.25, -0.2) is 13.2 Å². The zero-order valence-corrected chi connectivity index (χ0v) is 12.3. The Hall–Kier alpha value is -1.56. The number of carbonyl (C=O) groups is 1. The van der Waals surface area contributed by atoms with E-state index in [2.05, 4.69) is 0 Å². The molecule has 0 unspecified atom stereocenters. The fourth-order valence-corrected chi connectivity index (χ4v) is 2.16. The molecule has 0 aliphatic carbocycles. The number of hydrogen-bond acceptors (Lipinski definition) is 2. The molecule has 118 valence electrons. The Morgan fingerprint density at radius 2 is 1.81 bits per heavy atom. The second-order valence-electron chi connectivity index (χ2n) is 5.00. The maximum absolute atomic E-state index is 13.5. The number of rotatable bonds is 7. The van der Waals surface area contributed by atoms with Gasteiger partial charge in [0.05, 0.1) is 0 Å². The van der Waals surface area contributed by atoms with Gasteiger partial charge in [0.1, 0.15) is 5.82 Å². The van der Waals surface area contributed by atoms with Crippen LogP contribution in [0.15, 0.2) is 12.1 Å². The van der Waals surface area contributed by atoms with E-state index in [-0.39, 0.29) is 24.3 Å². The molecule has 0 radical (unpaired) electrons. The smallest absolute Gasteiger partial charge is 0.224 e. The van der Waals surface area contributed by atoms with E-state index in [4.69, 9.17) is 5.73 Å². The predicted molar refractivity (Wildman–Crippen MR) is 75.2 cm³/mol. The molecule has 3 nitrogen and oxygen atoms in total. The van der Waals surface area contributed by atoms with Crippen molar-refractivity contribution in [3.63, 3.8) is 0 Å². The predicted octanol–water partition coefficient (Wildman–Crippen LogP) is 2.62. The molecule has 1 aromatic rings. The minimum atomic E-state index is -1.24. The van der Waals surface area contributed by atoms with Crippen LogP contribution in [0.1, 0.15) is 32.3 Å². The maximum atomic E-state index is 13.5. The summed E-state index contributed by atoms with van der Waals surface area (Å²) in [6.07, 6.45) is 0.872. The molecule has 0 fully saturated rings. The molecular formula is C15H21F3N2O. The first-order valence-electron chi connectivity index (χ1n) is 7.05. The summed E-state index contributed by atoms with van der Waals surface area (Å²) in [4.78, 5) is 13.7. The lowest BCUT2D eigenvalue weighted by Gasteiger charge is -2.22. The molecule has 0 aliphatic rings. The maximum Gasteiger partial charge on any atom is 0.224 e. The number of hydrogen-bond donors (Lipinski definition) is 1.